The zero-order valence-corrected chi connectivity index (χ0v) is 8.68. The van der Waals surface area contributed by atoms with E-state index in [9.17, 15) is 4.79 Å². The summed E-state index contributed by atoms with van der Waals surface area (Å²) >= 11 is 5.68. The molecular formula is C9H9ClN4O. The second kappa shape index (κ2) is 3.06. The van der Waals surface area contributed by atoms with Crippen molar-refractivity contribution in [2.75, 3.05) is 0 Å². The van der Waals surface area contributed by atoms with Crippen LogP contribution in [0.3, 0.4) is 0 Å². The summed E-state index contributed by atoms with van der Waals surface area (Å²) in [6.07, 6.45) is 5.73. The van der Waals surface area contributed by atoms with Crippen LogP contribution in [0.15, 0.2) is 17.2 Å². The van der Waals surface area contributed by atoms with Crippen LogP contribution in [0.1, 0.15) is 24.7 Å². The molecule has 0 aliphatic heterocycles. The average molecular weight is 225 g/mol. The molecule has 2 heterocycles. The molecule has 6 heteroatoms. The van der Waals surface area contributed by atoms with Gasteiger partial charge in [0.15, 0.2) is 5.82 Å². The highest BCUT2D eigenvalue weighted by Gasteiger charge is 2.25. The first-order chi connectivity index (χ1) is 7.31. The summed E-state index contributed by atoms with van der Waals surface area (Å²) < 4.78 is 3.37. The standard InChI is InChI=1S/C9H9ClN4O/c10-5-7-11-12-8-9(15)13(6-1-2-6)3-4-14(7)8/h3-4,6H,1-2,5H2. The zero-order chi connectivity index (χ0) is 10.4. The third kappa shape index (κ3) is 1.26. The number of hydrogen-bond donors (Lipinski definition) is 0. The monoisotopic (exact) mass is 224 g/mol. The van der Waals surface area contributed by atoms with Gasteiger partial charge in [0.05, 0.1) is 5.88 Å². The number of aromatic nitrogens is 4. The molecule has 0 N–H and O–H groups in total. The summed E-state index contributed by atoms with van der Waals surface area (Å²) in [6, 6.07) is 0.360. The molecule has 1 fully saturated rings. The van der Waals surface area contributed by atoms with Crippen LogP contribution in [0.25, 0.3) is 5.65 Å². The Bertz CT molecular complexity index is 569. The maximum Gasteiger partial charge on any atom is 0.296 e. The normalized spacial score (nSPS) is 16.1. The Labute approximate surface area is 90.3 Å². The van der Waals surface area contributed by atoms with E-state index < -0.39 is 0 Å². The highest BCUT2D eigenvalue weighted by atomic mass is 35.5. The number of halogens is 1. The summed E-state index contributed by atoms with van der Waals surface area (Å²) in [6.45, 7) is 0. The maximum atomic E-state index is 11.9. The van der Waals surface area contributed by atoms with Gasteiger partial charge in [0.2, 0.25) is 5.65 Å². The summed E-state index contributed by atoms with van der Waals surface area (Å²) in [4.78, 5) is 11.9. The molecule has 0 atom stereocenters. The van der Waals surface area contributed by atoms with Crippen LogP contribution in [-0.2, 0) is 5.88 Å². The second-order valence-corrected chi connectivity index (χ2v) is 3.95. The lowest BCUT2D eigenvalue weighted by Crippen LogP contribution is -2.20. The van der Waals surface area contributed by atoms with Crippen LogP contribution in [0, 0.1) is 0 Å². The van der Waals surface area contributed by atoms with Gasteiger partial charge in [-0.1, -0.05) is 0 Å². The quantitative estimate of drug-likeness (QED) is 0.715. The number of rotatable bonds is 2. The van der Waals surface area contributed by atoms with E-state index in [1.807, 2.05) is 0 Å². The van der Waals surface area contributed by atoms with Gasteiger partial charge in [0.1, 0.15) is 0 Å². The third-order valence-electron chi connectivity index (χ3n) is 2.63. The van der Waals surface area contributed by atoms with Gasteiger partial charge in [-0.25, -0.2) is 0 Å². The molecule has 15 heavy (non-hydrogen) atoms. The van der Waals surface area contributed by atoms with E-state index in [1.54, 1.807) is 21.4 Å². The highest BCUT2D eigenvalue weighted by molar-refractivity contribution is 6.16. The van der Waals surface area contributed by atoms with Crippen molar-refractivity contribution in [1.29, 1.82) is 0 Å². The Morgan fingerprint density at radius 3 is 2.87 bits per heavy atom. The average Bonchev–Trinajstić information content (AvgIpc) is 2.98. The van der Waals surface area contributed by atoms with E-state index in [4.69, 9.17) is 11.6 Å². The number of hydrogen-bond acceptors (Lipinski definition) is 3. The molecule has 0 aromatic carbocycles. The van der Waals surface area contributed by atoms with Crippen molar-refractivity contribution in [3.05, 3.63) is 28.6 Å². The number of alkyl halides is 1. The van der Waals surface area contributed by atoms with Crippen LogP contribution >= 0.6 is 11.6 Å². The molecule has 0 spiro atoms. The van der Waals surface area contributed by atoms with Crippen molar-refractivity contribution in [2.24, 2.45) is 0 Å². The molecule has 0 bridgehead atoms. The fourth-order valence-electron chi connectivity index (χ4n) is 1.68. The van der Waals surface area contributed by atoms with Gasteiger partial charge in [0.25, 0.3) is 5.56 Å². The first-order valence-electron chi connectivity index (χ1n) is 4.82. The van der Waals surface area contributed by atoms with Crippen LogP contribution in [-0.4, -0.2) is 19.2 Å². The first-order valence-corrected chi connectivity index (χ1v) is 5.35. The molecule has 3 rings (SSSR count). The van der Waals surface area contributed by atoms with Gasteiger partial charge < -0.3 is 4.57 Å². The minimum absolute atomic E-state index is 0.0798. The predicted molar refractivity (Wildman–Crippen MR) is 55.1 cm³/mol. The van der Waals surface area contributed by atoms with E-state index in [0.717, 1.165) is 12.8 Å². The van der Waals surface area contributed by atoms with Gasteiger partial charge in [0, 0.05) is 18.4 Å². The molecule has 1 aliphatic carbocycles. The van der Waals surface area contributed by atoms with Crippen LogP contribution in [0.2, 0.25) is 0 Å². The van der Waals surface area contributed by atoms with Gasteiger partial charge in [-0.05, 0) is 12.8 Å². The van der Waals surface area contributed by atoms with E-state index in [2.05, 4.69) is 10.2 Å². The fourth-order valence-corrected chi connectivity index (χ4v) is 1.86. The van der Waals surface area contributed by atoms with E-state index in [0.29, 0.717) is 17.5 Å². The molecule has 0 radical (unpaired) electrons. The Morgan fingerprint density at radius 2 is 2.20 bits per heavy atom. The Balaban J connectivity index is 2.29. The minimum atomic E-state index is -0.0798. The topological polar surface area (TPSA) is 52.2 Å². The zero-order valence-electron chi connectivity index (χ0n) is 7.93. The SMILES string of the molecule is O=c1c2nnc(CCl)n2ccn1C1CC1. The molecule has 1 aliphatic rings. The molecule has 0 unspecified atom stereocenters. The molecule has 1 saturated carbocycles. The smallest absolute Gasteiger partial charge is 0.296 e. The molecule has 2 aromatic heterocycles. The van der Waals surface area contributed by atoms with Crippen molar-refractivity contribution in [3.63, 3.8) is 0 Å². The van der Waals surface area contributed by atoms with Gasteiger partial charge in [-0.3, -0.25) is 9.20 Å². The first kappa shape index (κ1) is 8.91. The van der Waals surface area contributed by atoms with Gasteiger partial charge in [-0.15, -0.1) is 21.8 Å². The lowest BCUT2D eigenvalue weighted by molar-refractivity contribution is 0.700. The van der Waals surface area contributed by atoms with Crippen molar-refractivity contribution >= 4 is 17.2 Å². The van der Waals surface area contributed by atoms with Crippen molar-refractivity contribution in [1.82, 2.24) is 19.2 Å². The summed E-state index contributed by atoms with van der Waals surface area (Å²) in [5.41, 5.74) is 0.281. The summed E-state index contributed by atoms with van der Waals surface area (Å²) in [5, 5.41) is 7.72. The van der Waals surface area contributed by atoms with Crippen molar-refractivity contribution < 1.29 is 0 Å². The van der Waals surface area contributed by atoms with Crippen molar-refractivity contribution in [3.8, 4) is 0 Å². The highest BCUT2D eigenvalue weighted by Crippen LogP contribution is 2.33. The minimum Gasteiger partial charge on any atom is -0.308 e. The van der Waals surface area contributed by atoms with Crippen molar-refractivity contribution in [2.45, 2.75) is 24.8 Å². The van der Waals surface area contributed by atoms with E-state index >= 15 is 0 Å². The third-order valence-corrected chi connectivity index (χ3v) is 2.87. The molecule has 78 valence electrons. The molecule has 2 aromatic rings. The Morgan fingerprint density at radius 1 is 1.40 bits per heavy atom. The Kier molecular flexibility index (Phi) is 1.82. The number of nitrogens with zero attached hydrogens (tertiary/aromatic N) is 4. The largest absolute Gasteiger partial charge is 0.308 e. The van der Waals surface area contributed by atoms with E-state index in [1.165, 1.54) is 0 Å². The van der Waals surface area contributed by atoms with E-state index in [-0.39, 0.29) is 11.4 Å². The second-order valence-electron chi connectivity index (χ2n) is 3.69. The summed E-state index contributed by atoms with van der Waals surface area (Å²) in [5.74, 6) is 0.861. The fraction of sp³-hybridized carbons (Fsp3) is 0.444. The van der Waals surface area contributed by atoms with Gasteiger partial charge >= 0.3 is 0 Å². The molecule has 0 amide bonds. The van der Waals surface area contributed by atoms with Gasteiger partial charge in [-0.2, -0.15) is 0 Å². The Hall–Kier alpha value is -1.36. The summed E-state index contributed by atoms with van der Waals surface area (Å²) in [7, 11) is 0. The maximum absolute atomic E-state index is 11.9. The lowest BCUT2D eigenvalue weighted by Gasteiger charge is -2.02. The van der Waals surface area contributed by atoms with Crippen LogP contribution in [0.5, 0.6) is 0 Å². The predicted octanol–water partition coefficient (Wildman–Crippen LogP) is 0.965. The van der Waals surface area contributed by atoms with Crippen LogP contribution in [0.4, 0.5) is 0 Å². The molecule has 5 nitrogen and oxygen atoms in total. The molecular weight excluding hydrogens is 216 g/mol. The lowest BCUT2D eigenvalue weighted by atomic mass is 10.5. The van der Waals surface area contributed by atoms with Crippen LogP contribution < -0.4 is 5.56 Å². The molecule has 0 saturated heterocycles. The number of fused-ring (bicyclic) bond motifs is 1.